The van der Waals surface area contributed by atoms with Crippen molar-refractivity contribution in [2.75, 3.05) is 0 Å². The summed E-state index contributed by atoms with van der Waals surface area (Å²) >= 11 is 0. The highest BCUT2D eigenvalue weighted by Crippen LogP contribution is 2.26. The summed E-state index contributed by atoms with van der Waals surface area (Å²) in [6, 6.07) is 0. The fourth-order valence-electron chi connectivity index (χ4n) is 1.56. The SMILES string of the molecule is CCC(=O)CC1CC(CC)OC1=O. The van der Waals surface area contributed by atoms with Crippen LogP contribution in [-0.2, 0) is 14.3 Å². The van der Waals surface area contributed by atoms with E-state index in [2.05, 4.69) is 0 Å². The lowest BCUT2D eigenvalue weighted by Gasteiger charge is -2.02. The predicted molar refractivity (Wildman–Crippen MR) is 48.2 cm³/mol. The quantitative estimate of drug-likeness (QED) is 0.624. The lowest BCUT2D eigenvalue weighted by Crippen LogP contribution is -2.12. The number of rotatable bonds is 4. The molecule has 3 nitrogen and oxygen atoms in total. The van der Waals surface area contributed by atoms with Crippen LogP contribution >= 0.6 is 0 Å². The van der Waals surface area contributed by atoms with Crippen molar-refractivity contribution < 1.29 is 14.3 Å². The maximum atomic E-state index is 11.2. The van der Waals surface area contributed by atoms with E-state index in [1.165, 1.54) is 0 Å². The highest BCUT2D eigenvalue weighted by Gasteiger charge is 2.34. The Balaban J connectivity index is 2.43. The Bertz CT molecular complexity index is 210. The number of carbonyl (C=O) groups is 2. The number of esters is 1. The third-order valence-corrected chi connectivity index (χ3v) is 2.49. The number of ether oxygens (including phenoxy) is 1. The second-order valence-corrected chi connectivity index (χ2v) is 3.50. The Hall–Kier alpha value is -0.860. The minimum Gasteiger partial charge on any atom is -0.462 e. The number of ketones is 1. The van der Waals surface area contributed by atoms with Crippen molar-refractivity contribution >= 4 is 11.8 Å². The van der Waals surface area contributed by atoms with Crippen LogP contribution in [0.2, 0.25) is 0 Å². The summed E-state index contributed by atoms with van der Waals surface area (Å²) in [4.78, 5) is 22.3. The lowest BCUT2D eigenvalue weighted by atomic mass is 9.97. The Morgan fingerprint density at radius 3 is 2.69 bits per heavy atom. The molecule has 1 fully saturated rings. The summed E-state index contributed by atoms with van der Waals surface area (Å²) in [5.74, 6) is -0.204. The first kappa shape index (κ1) is 10.2. The topological polar surface area (TPSA) is 43.4 Å². The molecular formula is C10H16O3. The molecule has 1 aliphatic rings. The molecule has 0 aromatic carbocycles. The van der Waals surface area contributed by atoms with Crippen LogP contribution in [0.25, 0.3) is 0 Å². The van der Waals surface area contributed by atoms with Gasteiger partial charge in [-0.1, -0.05) is 13.8 Å². The van der Waals surface area contributed by atoms with Gasteiger partial charge in [0.2, 0.25) is 0 Å². The molecule has 0 aromatic rings. The van der Waals surface area contributed by atoms with Gasteiger partial charge in [0.05, 0.1) is 5.92 Å². The maximum Gasteiger partial charge on any atom is 0.309 e. The van der Waals surface area contributed by atoms with E-state index in [1.807, 2.05) is 13.8 Å². The minimum atomic E-state index is -0.186. The van der Waals surface area contributed by atoms with Gasteiger partial charge in [-0.3, -0.25) is 9.59 Å². The molecule has 0 bridgehead atoms. The number of hydrogen-bond donors (Lipinski definition) is 0. The molecule has 0 N–H and O–H groups in total. The van der Waals surface area contributed by atoms with Crippen molar-refractivity contribution in [3.63, 3.8) is 0 Å². The Kier molecular flexibility index (Phi) is 3.46. The van der Waals surface area contributed by atoms with E-state index < -0.39 is 0 Å². The van der Waals surface area contributed by atoms with Crippen molar-refractivity contribution in [2.24, 2.45) is 5.92 Å². The third kappa shape index (κ3) is 2.54. The number of Topliss-reactive ketones (excluding diaryl/α,β-unsaturated/α-hetero) is 1. The first-order chi connectivity index (χ1) is 6.17. The molecule has 0 radical (unpaired) electrons. The molecule has 1 heterocycles. The normalized spacial score (nSPS) is 27.4. The smallest absolute Gasteiger partial charge is 0.309 e. The molecule has 1 saturated heterocycles. The van der Waals surface area contributed by atoms with Gasteiger partial charge < -0.3 is 4.74 Å². The van der Waals surface area contributed by atoms with Crippen molar-refractivity contribution in [3.8, 4) is 0 Å². The molecule has 0 spiro atoms. The van der Waals surface area contributed by atoms with E-state index in [9.17, 15) is 9.59 Å². The van der Waals surface area contributed by atoms with E-state index in [0.29, 0.717) is 12.8 Å². The molecule has 3 heteroatoms. The van der Waals surface area contributed by atoms with E-state index >= 15 is 0 Å². The van der Waals surface area contributed by atoms with Gasteiger partial charge in [0.1, 0.15) is 11.9 Å². The van der Waals surface area contributed by atoms with E-state index in [0.717, 1.165) is 12.8 Å². The summed E-state index contributed by atoms with van der Waals surface area (Å²) in [7, 11) is 0. The zero-order valence-corrected chi connectivity index (χ0v) is 8.21. The summed E-state index contributed by atoms with van der Waals surface area (Å²) < 4.78 is 5.08. The Morgan fingerprint density at radius 1 is 1.54 bits per heavy atom. The number of hydrogen-bond acceptors (Lipinski definition) is 3. The van der Waals surface area contributed by atoms with Crippen LogP contribution in [0, 0.1) is 5.92 Å². The zero-order valence-electron chi connectivity index (χ0n) is 8.21. The van der Waals surface area contributed by atoms with E-state index in [4.69, 9.17) is 4.74 Å². The first-order valence-electron chi connectivity index (χ1n) is 4.89. The van der Waals surface area contributed by atoms with Gasteiger partial charge in [0, 0.05) is 12.8 Å². The van der Waals surface area contributed by atoms with Crippen LogP contribution < -0.4 is 0 Å². The number of cyclic esters (lactones) is 1. The molecule has 1 rings (SSSR count). The molecule has 0 aliphatic carbocycles. The fraction of sp³-hybridized carbons (Fsp3) is 0.800. The largest absolute Gasteiger partial charge is 0.462 e. The van der Waals surface area contributed by atoms with Crippen LogP contribution in [0.5, 0.6) is 0 Å². The molecule has 0 amide bonds. The van der Waals surface area contributed by atoms with Gasteiger partial charge in [-0.2, -0.15) is 0 Å². The van der Waals surface area contributed by atoms with Crippen molar-refractivity contribution in [1.29, 1.82) is 0 Å². The highest BCUT2D eigenvalue weighted by atomic mass is 16.5. The molecule has 2 unspecified atom stereocenters. The van der Waals surface area contributed by atoms with Gasteiger partial charge >= 0.3 is 5.97 Å². The summed E-state index contributed by atoms with van der Waals surface area (Å²) in [6.07, 6.45) is 2.50. The minimum absolute atomic E-state index is 0.0437. The van der Waals surface area contributed by atoms with Crippen LogP contribution in [-0.4, -0.2) is 17.9 Å². The molecule has 74 valence electrons. The summed E-state index contributed by atoms with van der Waals surface area (Å²) in [5, 5.41) is 0. The average Bonchev–Trinajstić information content (AvgIpc) is 2.47. The van der Waals surface area contributed by atoms with Crippen LogP contribution in [0.1, 0.15) is 39.5 Å². The van der Waals surface area contributed by atoms with Crippen LogP contribution in [0.15, 0.2) is 0 Å². The monoisotopic (exact) mass is 184 g/mol. The van der Waals surface area contributed by atoms with E-state index in [-0.39, 0.29) is 23.8 Å². The summed E-state index contributed by atoms with van der Waals surface area (Å²) in [6.45, 7) is 3.81. The predicted octanol–water partition coefficient (Wildman–Crippen LogP) is 1.70. The summed E-state index contributed by atoms with van der Waals surface area (Å²) in [5.41, 5.74) is 0. The van der Waals surface area contributed by atoms with Gasteiger partial charge in [0.25, 0.3) is 0 Å². The fourth-order valence-corrected chi connectivity index (χ4v) is 1.56. The zero-order chi connectivity index (χ0) is 9.84. The van der Waals surface area contributed by atoms with Crippen LogP contribution in [0.3, 0.4) is 0 Å². The van der Waals surface area contributed by atoms with Gasteiger partial charge in [-0.25, -0.2) is 0 Å². The van der Waals surface area contributed by atoms with Crippen molar-refractivity contribution in [3.05, 3.63) is 0 Å². The first-order valence-corrected chi connectivity index (χ1v) is 4.89. The number of carbonyl (C=O) groups excluding carboxylic acids is 2. The third-order valence-electron chi connectivity index (χ3n) is 2.49. The molecule has 0 aromatic heterocycles. The molecule has 1 aliphatic heterocycles. The average molecular weight is 184 g/mol. The van der Waals surface area contributed by atoms with E-state index in [1.54, 1.807) is 0 Å². The second kappa shape index (κ2) is 4.40. The molecule has 13 heavy (non-hydrogen) atoms. The Labute approximate surface area is 78.5 Å². The lowest BCUT2D eigenvalue weighted by molar-refractivity contribution is -0.145. The van der Waals surface area contributed by atoms with Crippen molar-refractivity contribution in [2.45, 2.75) is 45.6 Å². The second-order valence-electron chi connectivity index (χ2n) is 3.50. The van der Waals surface area contributed by atoms with Gasteiger partial charge in [-0.15, -0.1) is 0 Å². The standard InChI is InChI=1S/C10H16O3/c1-3-8(11)5-7-6-9(4-2)13-10(7)12/h7,9H,3-6H2,1-2H3. The molecule has 0 saturated carbocycles. The molecular weight excluding hydrogens is 168 g/mol. The maximum absolute atomic E-state index is 11.2. The van der Waals surface area contributed by atoms with Crippen molar-refractivity contribution in [1.82, 2.24) is 0 Å². The van der Waals surface area contributed by atoms with Gasteiger partial charge in [0.15, 0.2) is 0 Å². The molecule has 2 atom stereocenters. The highest BCUT2D eigenvalue weighted by molar-refractivity contribution is 5.85. The van der Waals surface area contributed by atoms with Crippen LogP contribution in [0.4, 0.5) is 0 Å². The Morgan fingerprint density at radius 2 is 2.23 bits per heavy atom. The van der Waals surface area contributed by atoms with Gasteiger partial charge in [-0.05, 0) is 12.8 Å².